The maximum Gasteiger partial charge on any atom is 0.137 e. The first-order chi connectivity index (χ1) is 7.58. The molecule has 0 aromatic heterocycles. The van der Waals surface area contributed by atoms with Crippen LogP contribution in [0.2, 0.25) is 0 Å². The van der Waals surface area contributed by atoms with E-state index in [0.29, 0.717) is 0 Å². The quantitative estimate of drug-likeness (QED) is 0.772. The van der Waals surface area contributed by atoms with Gasteiger partial charge in [0.25, 0.3) is 0 Å². The molecule has 0 saturated carbocycles. The van der Waals surface area contributed by atoms with Gasteiger partial charge in [-0.2, -0.15) is 0 Å². The van der Waals surface area contributed by atoms with E-state index in [9.17, 15) is 4.55 Å². The van der Waals surface area contributed by atoms with Crippen LogP contribution in [0.1, 0.15) is 31.4 Å². The zero-order chi connectivity index (χ0) is 11.7. The van der Waals surface area contributed by atoms with Gasteiger partial charge in [-0.15, -0.1) is 0 Å². The summed E-state index contributed by atoms with van der Waals surface area (Å²) in [6.07, 6.45) is 1.92. The normalized spacial score (nSPS) is 19.2. The SMILES string of the molecule is CC(C)[S+]([O-])/N=C1\CCc2ccc(Br)cc21. The minimum atomic E-state index is -1.10. The fourth-order valence-corrected chi connectivity index (χ4v) is 2.71. The first-order valence-electron chi connectivity index (χ1n) is 5.35. The predicted molar refractivity (Wildman–Crippen MR) is 72.3 cm³/mol. The van der Waals surface area contributed by atoms with E-state index in [0.717, 1.165) is 28.6 Å². The van der Waals surface area contributed by atoms with Gasteiger partial charge in [0.1, 0.15) is 5.25 Å². The minimum Gasteiger partial charge on any atom is -0.591 e. The molecule has 0 N–H and O–H groups in total. The van der Waals surface area contributed by atoms with E-state index < -0.39 is 11.4 Å². The average molecular weight is 300 g/mol. The maximum atomic E-state index is 11.7. The largest absolute Gasteiger partial charge is 0.591 e. The Morgan fingerprint density at radius 2 is 2.12 bits per heavy atom. The smallest absolute Gasteiger partial charge is 0.137 e. The van der Waals surface area contributed by atoms with Crippen LogP contribution in [-0.2, 0) is 17.8 Å². The Hall–Kier alpha value is -0.320. The Labute approximate surface area is 108 Å². The molecule has 1 unspecified atom stereocenters. The van der Waals surface area contributed by atoms with Crippen molar-refractivity contribution in [3.05, 3.63) is 33.8 Å². The minimum absolute atomic E-state index is 0.0868. The molecular formula is C12H14BrNOS. The van der Waals surface area contributed by atoms with Crippen molar-refractivity contribution < 1.29 is 4.55 Å². The van der Waals surface area contributed by atoms with Gasteiger partial charge in [0.05, 0.1) is 17.1 Å². The van der Waals surface area contributed by atoms with Crippen LogP contribution in [0.15, 0.2) is 27.1 Å². The Morgan fingerprint density at radius 1 is 1.38 bits per heavy atom. The van der Waals surface area contributed by atoms with Crippen LogP contribution in [-0.4, -0.2) is 15.5 Å². The third-order valence-corrected chi connectivity index (χ3v) is 4.32. The van der Waals surface area contributed by atoms with Gasteiger partial charge in [-0.25, -0.2) is 0 Å². The van der Waals surface area contributed by atoms with Gasteiger partial charge < -0.3 is 4.55 Å². The number of benzene rings is 1. The summed E-state index contributed by atoms with van der Waals surface area (Å²) in [5.41, 5.74) is 3.45. The summed E-state index contributed by atoms with van der Waals surface area (Å²) in [5.74, 6) is 0. The van der Waals surface area contributed by atoms with Gasteiger partial charge >= 0.3 is 0 Å². The van der Waals surface area contributed by atoms with Crippen LogP contribution >= 0.6 is 15.9 Å². The second-order valence-electron chi connectivity index (χ2n) is 4.16. The summed E-state index contributed by atoms with van der Waals surface area (Å²) < 4.78 is 17.1. The standard InChI is InChI=1S/C12H14BrNOS/c1-8(2)16(15)14-12-6-4-9-3-5-10(13)7-11(9)12/h3,5,7-8H,4,6H2,1-2H3/b14-12+. The monoisotopic (exact) mass is 299 g/mol. The van der Waals surface area contributed by atoms with Crippen molar-refractivity contribution >= 4 is 33.0 Å². The first kappa shape index (κ1) is 12.1. The molecule has 86 valence electrons. The van der Waals surface area contributed by atoms with Crippen molar-refractivity contribution in [3.63, 3.8) is 0 Å². The van der Waals surface area contributed by atoms with E-state index in [1.54, 1.807) is 0 Å². The Balaban J connectivity index is 2.32. The molecular weight excluding hydrogens is 286 g/mol. The maximum absolute atomic E-state index is 11.7. The topological polar surface area (TPSA) is 35.4 Å². The van der Waals surface area contributed by atoms with E-state index in [1.807, 2.05) is 19.9 Å². The molecule has 0 radical (unpaired) electrons. The molecule has 2 rings (SSSR count). The van der Waals surface area contributed by atoms with Crippen molar-refractivity contribution in [2.24, 2.45) is 4.40 Å². The first-order valence-corrected chi connectivity index (χ1v) is 7.31. The number of halogens is 1. The van der Waals surface area contributed by atoms with Crippen LogP contribution in [0, 0.1) is 0 Å². The number of nitrogens with zero attached hydrogens (tertiary/aromatic N) is 1. The summed E-state index contributed by atoms with van der Waals surface area (Å²) in [5, 5.41) is 0.0868. The summed E-state index contributed by atoms with van der Waals surface area (Å²) in [6.45, 7) is 3.86. The average Bonchev–Trinajstić information content (AvgIpc) is 2.61. The van der Waals surface area contributed by atoms with Gasteiger partial charge in [0.15, 0.2) is 0 Å². The van der Waals surface area contributed by atoms with E-state index in [1.165, 1.54) is 5.56 Å². The van der Waals surface area contributed by atoms with Crippen LogP contribution in [0.5, 0.6) is 0 Å². The second-order valence-corrected chi connectivity index (χ2v) is 6.76. The summed E-state index contributed by atoms with van der Waals surface area (Å²) >= 11 is 2.35. The molecule has 0 bridgehead atoms. The number of rotatable bonds is 2. The van der Waals surface area contributed by atoms with E-state index in [2.05, 4.69) is 32.5 Å². The third-order valence-electron chi connectivity index (χ3n) is 2.62. The van der Waals surface area contributed by atoms with Crippen LogP contribution in [0.4, 0.5) is 0 Å². The van der Waals surface area contributed by atoms with E-state index >= 15 is 0 Å². The molecule has 1 aliphatic rings. The van der Waals surface area contributed by atoms with Gasteiger partial charge in [-0.1, -0.05) is 26.4 Å². The van der Waals surface area contributed by atoms with Gasteiger partial charge in [-0.05, 0) is 44.4 Å². The summed E-state index contributed by atoms with van der Waals surface area (Å²) in [7, 11) is 0. The Kier molecular flexibility index (Phi) is 3.72. The highest BCUT2D eigenvalue weighted by atomic mass is 79.9. The zero-order valence-electron chi connectivity index (χ0n) is 9.37. The van der Waals surface area contributed by atoms with Crippen molar-refractivity contribution in [1.29, 1.82) is 0 Å². The Morgan fingerprint density at radius 3 is 2.81 bits per heavy atom. The van der Waals surface area contributed by atoms with Crippen molar-refractivity contribution in [3.8, 4) is 0 Å². The van der Waals surface area contributed by atoms with E-state index in [-0.39, 0.29) is 5.25 Å². The molecule has 1 atom stereocenters. The van der Waals surface area contributed by atoms with Crippen molar-refractivity contribution in [1.82, 2.24) is 0 Å². The van der Waals surface area contributed by atoms with Crippen LogP contribution in [0.3, 0.4) is 0 Å². The molecule has 0 heterocycles. The lowest BCUT2D eigenvalue weighted by molar-refractivity contribution is 0.588. The number of fused-ring (bicyclic) bond motifs is 1. The molecule has 1 aliphatic carbocycles. The Bertz CT molecular complexity index is 431. The van der Waals surface area contributed by atoms with Crippen LogP contribution < -0.4 is 0 Å². The summed E-state index contributed by atoms with van der Waals surface area (Å²) in [4.78, 5) is 0. The van der Waals surface area contributed by atoms with Gasteiger partial charge in [0.2, 0.25) is 0 Å². The molecule has 0 fully saturated rings. The lowest BCUT2D eigenvalue weighted by Crippen LogP contribution is -2.13. The number of hydrogen-bond donors (Lipinski definition) is 0. The highest BCUT2D eigenvalue weighted by Crippen LogP contribution is 2.26. The fourth-order valence-electron chi connectivity index (χ4n) is 1.73. The molecule has 16 heavy (non-hydrogen) atoms. The third kappa shape index (κ3) is 2.50. The molecule has 0 amide bonds. The van der Waals surface area contributed by atoms with Gasteiger partial charge in [0, 0.05) is 10.0 Å². The van der Waals surface area contributed by atoms with Crippen molar-refractivity contribution in [2.75, 3.05) is 0 Å². The lowest BCUT2D eigenvalue weighted by atomic mass is 10.1. The molecule has 1 aromatic carbocycles. The molecule has 1 aromatic rings. The highest BCUT2D eigenvalue weighted by Gasteiger charge is 2.22. The predicted octanol–water partition coefficient (Wildman–Crippen LogP) is 3.26. The molecule has 0 saturated heterocycles. The number of hydrogen-bond acceptors (Lipinski definition) is 2. The second kappa shape index (κ2) is 4.90. The molecule has 0 spiro atoms. The lowest BCUT2D eigenvalue weighted by Gasteiger charge is -2.08. The summed E-state index contributed by atoms with van der Waals surface area (Å²) in [6, 6.07) is 6.22. The molecule has 0 aliphatic heterocycles. The number of aryl methyl sites for hydroxylation is 1. The van der Waals surface area contributed by atoms with Gasteiger partial charge in [-0.3, -0.25) is 0 Å². The van der Waals surface area contributed by atoms with E-state index in [4.69, 9.17) is 0 Å². The molecule has 2 nitrogen and oxygen atoms in total. The fraction of sp³-hybridized carbons (Fsp3) is 0.417. The molecule has 4 heteroatoms. The zero-order valence-corrected chi connectivity index (χ0v) is 11.8. The van der Waals surface area contributed by atoms with Crippen LogP contribution in [0.25, 0.3) is 0 Å². The van der Waals surface area contributed by atoms with Crippen molar-refractivity contribution in [2.45, 2.75) is 31.9 Å². The highest BCUT2D eigenvalue weighted by molar-refractivity contribution is 9.10.